The molecule has 0 heterocycles. The van der Waals surface area contributed by atoms with Crippen molar-refractivity contribution in [1.29, 1.82) is 0 Å². The summed E-state index contributed by atoms with van der Waals surface area (Å²) in [6, 6.07) is 5.82. The van der Waals surface area contributed by atoms with E-state index in [9.17, 15) is 0 Å². The maximum Gasteiger partial charge on any atom is 0.122 e. The molecule has 0 aliphatic carbocycles. The number of hydrogen-bond donors (Lipinski definition) is 2. The molecule has 1 unspecified atom stereocenters. The van der Waals surface area contributed by atoms with E-state index < -0.39 is 0 Å². The van der Waals surface area contributed by atoms with E-state index in [0.717, 1.165) is 36.5 Å². The van der Waals surface area contributed by atoms with Gasteiger partial charge in [0.15, 0.2) is 0 Å². The number of hydrazine groups is 1. The van der Waals surface area contributed by atoms with Crippen molar-refractivity contribution in [3.63, 3.8) is 0 Å². The van der Waals surface area contributed by atoms with Crippen LogP contribution in [0.4, 0.5) is 0 Å². The van der Waals surface area contributed by atoms with Crippen LogP contribution >= 0.6 is 0 Å². The number of rotatable bonds is 8. The van der Waals surface area contributed by atoms with Crippen LogP contribution in [0.15, 0.2) is 18.2 Å². The van der Waals surface area contributed by atoms with E-state index in [4.69, 9.17) is 20.1 Å². The maximum absolute atomic E-state index is 5.60. The SMILES string of the molecule is COCCCC(NN)c1cc(OC)cc(OC)c1. The minimum Gasteiger partial charge on any atom is -0.497 e. The van der Waals surface area contributed by atoms with E-state index in [2.05, 4.69) is 5.43 Å². The number of hydrogen-bond acceptors (Lipinski definition) is 5. The summed E-state index contributed by atoms with van der Waals surface area (Å²) < 4.78 is 15.5. The molecule has 5 nitrogen and oxygen atoms in total. The van der Waals surface area contributed by atoms with Gasteiger partial charge in [-0.2, -0.15) is 0 Å². The molecule has 3 N–H and O–H groups in total. The van der Waals surface area contributed by atoms with Crippen molar-refractivity contribution in [2.45, 2.75) is 18.9 Å². The van der Waals surface area contributed by atoms with Gasteiger partial charge in [-0.3, -0.25) is 11.3 Å². The van der Waals surface area contributed by atoms with Crippen molar-refractivity contribution < 1.29 is 14.2 Å². The van der Waals surface area contributed by atoms with Crippen molar-refractivity contribution in [1.82, 2.24) is 5.43 Å². The monoisotopic (exact) mass is 254 g/mol. The van der Waals surface area contributed by atoms with Crippen LogP contribution in [0.2, 0.25) is 0 Å². The van der Waals surface area contributed by atoms with Gasteiger partial charge in [0, 0.05) is 25.8 Å². The van der Waals surface area contributed by atoms with Gasteiger partial charge in [-0.15, -0.1) is 0 Å². The van der Waals surface area contributed by atoms with Gasteiger partial charge in [0.25, 0.3) is 0 Å². The molecule has 1 rings (SSSR count). The lowest BCUT2D eigenvalue weighted by molar-refractivity contribution is 0.188. The predicted molar refractivity (Wildman–Crippen MR) is 70.7 cm³/mol. The fourth-order valence-corrected chi connectivity index (χ4v) is 1.81. The summed E-state index contributed by atoms with van der Waals surface area (Å²) in [6.07, 6.45) is 1.82. The van der Waals surface area contributed by atoms with E-state index in [-0.39, 0.29) is 6.04 Å². The second-order valence-corrected chi connectivity index (χ2v) is 4.00. The lowest BCUT2D eigenvalue weighted by Crippen LogP contribution is -2.28. The number of nitrogens with two attached hydrogens (primary N) is 1. The molecule has 5 heteroatoms. The molecule has 0 radical (unpaired) electrons. The Morgan fingerprint density at radius 2 is 1.72 bits per heavy atom. The van der Waals surface area contributed by atoms with Crippen LogP contribution in [-0.2, 0) is 4.74 Å². The molecule has 0 aliphatic heterocycles. The van der Waals surface area contributed by atoms with Crippen molar-refractivity contribution in [3.8, 4) is 11.5 Å². The van der Waals surface area contributed by atoms with Crippen molar-refractivity contribution in [2.24, 2.45) is 5.84 Å². The highest BCUT2D eigenvalue weighted by Crippen LogP contribution is 2.28. The second-order valence-electron chi connectivity index (χ2n) is 4.00. The van der Waals surface area contributed by atoms with Crippen LogP contribution in [-0.4, -0.2) is 27.9 Å². The molecule has 0 saturated carbocycles. The molecule has 0 fully saturated rings. The normalized spacial score (nSPS) is 12.2. The molecule has 0 spiro atoms. The summed E-state index contributed by atoms with van der Waals surface area (Å²) in [6.45, 7) is 0.722. The standard InChI is InChI=1S/C13H22N2O3/c1-16-6-4-5-13(15-14)10-7-11(17-2)9-12(8-10)18-3/h7-9,13,15H,4-6,14H2,1-3H3. The minimum atomic E-state index is 0.0594. The van der Waals surface area contributed by atoms with Gasteiger partial charge >= 0.3 is 0 Å². The molecule has 0 amide bonds. The third-order valence-electron chi connectivity index (χ3n) is 2.82. The third-order valence-corrected chi connectivity index (χ3v) is 2.82. The Labute approximate surface area is 108 Å². The second kappa shape index (κ2) is 7.92. The Kier molecular flexibility index (Phi) is 6.49. The Morgan fingerprint density at radius 1 is 1.11 bits per heavy atom. The van der Waals surface area contributed by atoms with Crippen LogP contribution in [0.1, 0.15) is 24.4 Å². The summed E-state index contributed by atoms with van der Waals surface area (Å²) in [4.78, 5) is 0. The van der Waals surface area contributed by atoms with E-state index in [1.54, 1.807) is 21.3 Å². The Hall–Kier alpha value is -1.30. The molecule has 102 valence electrons. The van der Waals surface area contributed by atoms with E-state index in [1.807, 2.05) is 18.2 Å². The van der Waals surface area contributed by atoms with Crippen molar-refractivity contribution >= 4 is 0 Å². The minimum absolute atomic E-state index is 0.0594. The lowest BCUT2D eigenvalue weighted by atomic mass is 10.0. The topological polar surface area (TPSA) is 65.7 Å². The molecular weight excluding hydrogens is 232 g/mol. The van der Waals surface area contributed by atoms with Gasteiger partial charge in [0.1, 0.15) is 11.5 Å². The van der Waals surface area contributed by atoms with Crippen LogP contribution in [0.3, 0.4) is 0 Å². The molecule has 18 heavy (non-hydrogen) atoms. The first-order valence-corrected chi connectivity index (χ1v) is 5.93. The number of methoxy groups -OCH3 is 3. The van der Waals surface area contributed by atoms with E-state index in [0.29, 0.717) is 0 Å². The van der Waals surface area contributed by atoms with Gasteiger partial charge in [0.05, 0.1) is 14.2 Å². The molecule has 0 saturated heterocycles. The molecular formula is C13H22N2O3. The molecule has 0 aliphatic rings. The third kappa shape index (κ3) is 4.18. The first kappa shape index (κ1) is 14.8. The van der Waals surface area contributed by atoms with Gasteiger partial charge in [-0.05, 0) is 30.5 Å². The van der Waals surface area contributed by atoms with Gasteiger partial charge in [-0.25, -0.2) is 0 Å². The van der Waals surface area contributed by atoms with Crippen LogP contribution in [0.5, 0.6) is 11.5 Å². The highest BCUT2D eigenvalue weighted by molar-refractivity contribution is 5.39. The number of ether oxygens (including phenoxy) is 3. The zero-order valence-corrected chi connectivity index (χ0v) is 11.2. The van der Waals surface area contributed by atoms with Gasteiger partial charge in [-0.1, -0.05) is 0 Å². The van der Waals surface area contributed by atoms with Crippen LogP contribution < -0.4 is 20.7 Å². The van der Waals surface area contributed by atoms with Crippen molar-refractivity contribution in [3.05, 3.63) is 23.8 Å². The Morgan fingerprint density at radius 3 is 2.17 bits per heavy atom. The van der Waals surface area contributed by atoms with Crippen LogP contribution in [0, 0.1) is 0 Å². The number of benzene rings is 1. The summed E-state index contributed by atoms with van der Waals surface area (Å²) in [7, 11) is 4.96. The smallest absolute Gasteiger partial charge is 0.122 e. The zero-order valence-electron chi connectivity index (χ0n) is 11.2. The molecule has 0 aromatic heterocycles. The highest BCUT2D eigenvalue weighted by atomic mass is 16.5. The van der Waals surface area contributed by atoms with E-state index in [1.165, 1.54) is 0 Å². The van der Waals surface area contributed by atoms with Crippen LogP contribution in [0.25, 0.3) is 0 Å². The average molecular weight is 254 g/mol. The first-order valence-electron chi connectivity index (χ1n) is 5.93. The fourth-order valence-electron chi connectivity index (χ4n) is 1.81. The van der Waals surface area contributed by atoms with Crippen molar-refractivity contribution in [2.75, 3.05) is 27.9 Å². The zero-order chi connectivity index (χ0) is 13.4. The quantitative estimate of drug-likeness (QED) is 0.419. The molecule has 1 aromatic carbocycles. The van der Waals surface area contributed by atoms with Gasteiger partial charge in [0.2, 0.25) is 0 Å². The predicted octanol–water partition coefficient (Wildman–Crippen LogP) is 1.63. The Balaban J connectivity index is 2.83. The fraction of sp³-hybridized carbons (Fsp3) is 0.538. The average Bonchev–Trinajstić information content (AvgIpc) is 2.43. The number of nitrogens with one attached hydrogen (secondary N) is 1. The summed E-state index contributed by atoms with van der Waals surface area (Å²) in [5.41, 5.74) is 3.86. The molecule has 1 atom stereocenters. The highest BCUT2D eigenvalue weighted by Gasteiger charge is 2.12. The maximum atomic E-state index is 5.60. The van der Waals surface area contributed by atoms with E-state index >= 15 is 0 Å². The summed E-state index contributed by atoms with van der Waals surface area (Å²) in [5.74, 6) is 7.12. The summed E-state index contributed by atoms with van der Waals surface area (Å²) >= 11 is 0. The first-order chi connectivity index (χ1) is 8.74. The Bertz CT molecular complexity index is 336. The molecule has 0 bridgehead atoms. The largest absolute Gasteiger partial charge is 0.497 e. The summed E-state index contributed by atoms with van der Waals surface area (Å²) in [5, 5.41) is 0. The molecule has 1 aromatic rings. The van der Waals surface area contributed by atoms with Gasteiger partial charge < -0.3 is 14.2 Å². The lowest BCUT2D eigenvalue weighted by Gasteiger charge is -2.18.